The van der Waals surface area contributed by atoms with Gasteiger partial charge in [-0.3, -0.25) is 9.42 Å². The van der Waals surface area contributed by atoms with E-state index in [0.717, 1.165) is 16.8 Å². The van der Waals surface area contributed by atoms with Crippen LogP contribution in [0.3, 0.4) is 0 Å². The van der Waals surface area contributed by atoms with E-state index in [1.807, 2.05) is 41.3 Å². The third kappa shape index (κ3) is 4.72. The lowest BCUT2D eigenvalue weighted by Gasteiger charge is -2.17. The molecule has 2 fully saturated rings. The average molecular weight is 446 g/mol. The zero-order valence-electron chi connectivity index (χ0n) is 16.9. The van der Waals surface area contributed by atoms with Crippen molar-refractivity contribution >= 4 is 25.4 Å². The van der Waals surface area contributed by atoms with Crippen molar-refractivity contribution in [3.05, 3.63) is 55.1 Å². The molecule has 4 rings (SSSR count). The second-order valence-corrected chi connectivity index (χ2v) is 8.58. The molecule has 2 amide bonds. The SMILES string of the molecule is C=C1O[C@@H](COP(=O)(O)O)CN1c1ccc(-c2ccc(N3CCN(C)C3=O)nc2)cc1. The smallest absolute Gasteiger partial charge is 0.469 e. The number of ether oxygens (including phenoxy) is 1. The van der Waals surface area contributed by atoms with Crippen LogP contribution >= 0.6 is 7.82 Å². The Morgan fingerprint density at radius 3 is 2.45 bits per heavy atom. The molecule has 0 aliphatic carbocycles. The van der Waals surface area contributed by atoms with E-state index in [2.05, 4.69) is 16.1 Å². The van der Waals surface area contributed by atoms with E-state index >= 15 is 0 Å². The molecule has 2 saturated heterocycles. The molecule has 31 heavy (non-hydrogen) atoms. The number of carbonyl (C=O) groups is 1. The van der Waals surface area contributed by atoms with Crippen LogP contribution in [0.4, 0.5) is 16.3 Å². The summed E-state index contributed by atoms with van der Waals surface area (Å²) < 4.78 is 20.9. The van der Waals surface area contributed by atoms with Crippen LogP contribution in [0.15, 0.2) is 55.1 Å². The Kier molecular flexibility index (Phi) is 5.72. The Morgan fingerprint density at radius 1 is 1.16 bits per heavy atom. The molecule has 1 atom stereocenters. The summed E-state index contributed by atoms with van der Waals surface area (Å²) in [4.78, 5) is 39.4. The first-order chi connectivity index (χ1) is 14.7. The molecule has 2 aliphatic heterocycles. The number of likely N-dealkylation sites (N-methyl/N-ethyl adjacent to an activating group) is 1. The summed E-state index contributed by atoms with van der Waals surface area (Å²) in [5.74, 6) is 1.02. The molecule has 3 heterocycles. The van der Waals surface area contributed by atoms with Crippen LogP contribution in [0.1, 0.15) is 0 Å². The van der Waals surface area contributed by atoms with Gasteiger partial charge in [-0.05, 0) is 36.4 Å². The molecule has 11 heteroatoms. The number of aromatic nitrogens is 1. The highest BCUT2D eigenvalue weighted by molar-refractivity contribution is 7.46. The number of phosphoric acid groups is 1. The van der Waals surface area contributed by atoms with Crippen molar-refractivity contribution in [3.8, 4) is 11.1 Å². The lowest BCUT2D eigenvalue weighted by molar-refractivity contribution is 0.0888. The number of hydrogen-bond acceptors (Lipinski definition) is 6. The summed E-state index contributed by atoms with van der Waals surface area (Å²) in [6.45, 7) is 5.30. The predicted octanol–water partition coefficient (Wildman–Crippen LogP) is 2.41. The van der Waals surface area contributed by atoms with Crippen LogP contribution in [-0.2, 0) is 13.8 Å². The number of pyridine rings is 1. The normalized spacial score (nSPS) is 19.3. The molecule has 164 valence electrons. The average Bonchev–Trinajstić information content (AvgIpc) is 3.28. The summed E-state index contributed by atoms with van der Waals surface area (Å²) in [6.07, 6.45) is 1.22. The maximum Gasteiger partial charge on any atom is 0.469 e. The van der Waals surface area contributed by atoms with Gasteiger partial charge in [-0.25, -0.2) is 14.3 Å². The highest BCUT2D eigenvalue weighted by Crippen LogP contribution is 2.37. The number of hydrogen-bond donors (Lipinski definition) is 2. The number of phosphoric ester groups is 1. The van der Waals surface area contributed by atoms with Gasteiger partial charge in [0.1, 0.15) is 11.9 Å². The van der Waals surface area contributed by atoms with E-state index in [0.29, 0.717) is 31.3 Å². The second-order valence-electron chi connectivity index (χ2n) is 7.34. The summed E-state index contributed by atoms with van der Waals surface area (Å²) >= 11 is 0. The molecule has 10 nitrogen and oxygen atoms in total. The Labute approximate surface area is 179 Å². The largest absolute Gasteiger partial charge is 0.472 e. The predicted molar refractivity (Wildman–Crippen MR) is 114 cm³/mol. The molecule has 1 aromatic carbocycles. The van der Waals surface area contributed by atoms with Gasteiger partial charge in [0.15, 0.2) is 5.88 Å². The minimum Gasteiger partial charge on any atom is -0.472 e. The highest BCUT2D eigenvalue weighted by atomic mass is 31.2. The van der Waals surface area contributed by atoms with Gasteiger partial charge in [0.25, 0.3) is 0 Å². The van der Waals surface area contributed by atoms with E-state index in [1.54, 1.807) is 23.0 Å². The third-order valence-corrected chi connectivity index (χ3v) is 5.66. The van der Waals surface area contributed by atoms with Crippen LogP contribution in [0.2, 0.25) is 0 Å². The van der Waals surface area contributed by atoms with Crippen molar-refractivity contribution in [1.82, 2.24) is 9.88 Å². The van der Waals surface area contributed by atoms with Gasteiger partial charge in [0.05, 0.1) is 13.2 Å². The van der Waals surface area contributed by atoms with Gasteiger partial charge < -0.3 is 24.3 Å². The molecule has 0 spiro atoms. The number of carbonyl (C=O) groups excluding carboxylic acids is 1. The summed E-state index contributed by atoms with van der Waals surface area (Å²) in [5.41, 5.74) is 2.71. The van der Waals surface area contributed by atoms with Crippen molar-refractivity contribution < 1.29 is 28.4 Å². The molecule has 1 aromatic heterocycles. The first kappa shape index (κ1) is 21.3. The fraction of sp³-hybridized carbons (Fsp3) is 0.300. The van der Waals surface area contributed by atoms with Crippen molar-refractivity contribution in [2.45, 2.75) is 6.10 Å². The van der Waals surface area contributed by atoms with Crippen LogP contribution in [0.25, 0.3) is 11.1 Å². The zero-order valence-corrected chi connectivity index (χ0v) is 17.8. The van der Waals surface area contributed by atoms with Crippen LogP contribution in [0.5, 0.6) is 0 Å². The third-order valence-electron chi connectivity index (χ3n) is 5.17. The molecular formula is C20H23N4O6P. The zero-order chi connectivity index (χ0) is 22.2. The van der Waals surface area contributed by atoms with Gasteiger partial charge in [-0.2, -0.15) is 0 Å². The van der Waals surface area contributed by atoms with Gasteiger partial charge in [0.2, 0.25) is 0 Å². The lowest BCUT2D eigenvalue weighted by Crippen LogP contribution is -2.29. The first-order valence-corrected chi connectivity index (χ1v) is 11.2. The Balaban J connectivity index is 1.42. The Hall–Kier alpha value is -2.91. The standard InChI is InChI=1S/C20H23N4O6P/c1-14-24(12-18(30-14)13-29-31(26,27)28)17-6-3-15(4-7-17)16-5-8-19(21-11-16)23-10-9-22(2)20(23)25/h3-8,11,18H,1,9-10,12-13H2,2H3,(H2,26,27,28)/t18-/m1/s1. The first-order valence-electron chi connectivity index (χ1n) is 9.63. The monoisotopic (exact) mass is 446 g/mol. The van der Waals surface area contributed by atoms with Crippen molar-refractivity contribution in [3.63, 3.8) is 0 Å². The number of amides is 2. The molecule has 2 N–H and O–H groups in total. The summed E-state index contributed by atoms with van der Waals surface area (Å²) in [7, 11) is -2.78. The van der Waals surface area contributed by atoms with E-state index in [-0.39, 0.29) is 12.6 Å². The minimum absolute atomic E-state index is 0.0536. The number of urea groups is 1. The molecule has 2 aromatic rings. The summed E-state index contributed by atoms with van der Waals surface area (Å²) in [5, 5.41) is 0. The number of benzene rings is 1. The maximum atomic E-state index is 12.1. The summed E-state index contributed by atoms with van der Waals surface area (Å²) in [6, 6.07) is 11.4. The van der Waals surface area contributed by atoms with Gasteiger partial charge in [-0.15, -0.1) is 0 Å². The number of anilines is 2. The molecule has 0 radical (unpaired) electrons. The molecule has 2 aliphatic rings. The van der Waals surface area contributed by atoms with Crippen LogP contribution in [-0.4, -0.2) is 65.1 Å². The fourth-order valence-electron chi connectivity index (χ4n) is 3.53. The van der Waals surface area contributed by atoms with Gasteiger partial charge in [0, 0.05) is 37.6 Å². The minimum atomic E-state index is -4.55. The van der Waals surface area contributed by atoms with Crippen LogP contribution in [0, 0.1) is 0 Å². The topological polar surface area (TPSA) is 116 Å². The van der Waals surface area contributed by atoms with Crippen molar-refractivity contribution in [2.24, 2.45) is 0 Å². The van der Waals surface area contributed by atoms with Crippen molar-refractivity contribution in [1.29, 1.82) is 0 Å². The molecule has 0 saturated carbocycles. The highest BCUT2D eigenvalue weighted by Gasteiger charge is 2.30. The van der Waals surface area contributed by atoms with E-state index in [9.17, 15) is 9.36 Å². The Bertz CT molecular complexity index is 1020. The maximum absolute atomic E-state index is 12.1. The Morgan fingerprint density at radius 2 is 1.87 bits per heavy atom. The number of nitrogens with zero attached hydrogens (tertiary/aromatic N) is 4. The molecular weight excluding hydrogens is 423 g/mol. The molecule has 0 bridgehead atoms. The fourth-order valence-corrected chi connectivity index (χ4v) is 3.89. The van der Waals surface area contributed by atoms with Gasteiger partial charge in [-0.1, -0.05) is 12.1 Å². The van der Waals surface area contributed by atoms with E-state index in [4.69, 9.17) is 14.5 Å². The number of rotatable bonds is 6. The van der Waals surface area contributed by atoms with E-state index < -0.39 is 13.9 Å². The van der Waals surface area contributed by atoms with Crippen LogP contribution < -0.4 is 9.80 Å². The quantitative estimate of drug-likeness (QED) is 0.650. The molecule has 0 unspecified atom stereocenters. The second kappa shape index (κ2) is 8.32. The lowest BCUT2D eigenvalue weighted by atomic mass is 10.1. The van der Waals surface area contributed by atoms with Crippen molar-refractivity contribution in [2.75, 3.05) is 43.1 Å². The van der Waals surface area contributed by atoms with E-state index in [1.165, 1.54) is 0 Å². The van der Waals surface area contributed by atoms with Gasteiger partial charge >= 0.3 is 13.9 Å².